The highest BCUT2D eigenvalue weighted by molar-refractivity contribution is 5.77. The van der Waals surface area contributed by atoms with Crippen LogP contribution in [0.2, 0.25) is 0 Å². The van der Waals surface area contributed by atoms with Gasteiger partial charge in [0.15, 0.2) is 0 Å². The van der Waals surface area contributed by atoms with Crippen LogP contribution >= 0.6 is 0 Å². The number of hydrogen-bond acceptors (Lipinski definition) is 2. The van der Waals surface area contributed by atoms with Crippen molar-refractivity contribution in [2.45, 2.75) is 27.2 Å². The molecule has 0 radical (unpaired) electrons. The monoisotopic (exact) mass is 186 g/mol. The molecule has 0 unspecified atom stereocenters. The van der Waals surface area contributed by atoms with E-state index >= 15 is 0 Å². The molecular weight excluding hydrogens is 164 g/mol. The number of carbonyl (C=O) groups is 1. The van der Waals surface area contributed by atoms with Gasteiger partial charge in [0.25, 0.3) is 0 Å². The lowest BCUT2D eigenvalue weighted by Gasteiger charge is -2.14. The summed E-state index contributed by atoms with van der Waals surface area (Å²) >= 11 is 0. The minimum atomic E-state index is 0.172. The first-order chi connectivity index (χ1) is 6.07. The van der Waals surface area contributed by atoms with Gasteiger partial charge in [-0.1, -0.05) is 13.8 Å². The second kappa shape index (κ2) is 6.89. The van der Waals surface area contributed by atoms with Crippen molar-refractivity contribution >= 4 is 5.91 Å². The second-order valence-electron chi connectivity index (χ2n) is 3.77. The van der Waals surface area contributed by atoms with Crippen LogP contribution in [-0.4, -0.2) is 37.5 Å². The second-order valence-corrected chi connectivity index (χ2v) is 3.77. The van der Waals surface area contributed by atoms with Gasteiger partial charge in [-0.3, -0.25) is 4.79 Å². The Bertz CT molecular complexity index is 146. The molecule has 0 aliphatic heterocycles. The van der Waals surface area contributed by atoms with Crippen LogP contribution in [0.4, 0.5) is 0 Å². The Hall–Kier alpha value is -0.570. The molecule has 1 N–H and O–H groups in total. The third kappa shape index (κ3) is 6.58. The fourth-order valence-electron chi connectivity index (χ4n) is 0.897. The topological polar surface area (TPSA) is 32.3 Å². The highest BCUT2D eigenvalue weighted by Gasteiger charge is 2.04. The van der Waals surface area contributed by atoms with Gasteiger partial charge in [-0.2, -0.15) is 0 Å². The molecule has 3 nitrogen and oxygen atoms in total. The Kier molecular flexibility index (Phi) is 6.59. The molecule has 0 spiro atoms. The highest BCUT2D eigenvalue weighted by atomic mass is 16.2. The first-order valence-electron chi connectivity index (χ1n) is 5.02. The quantitative estimate of drug-likeness (QED) is 0.630. The average Bonchev–Trinajstić information content (AvgIpc) is 2.10. The van der Waals surface area contributed by atoms with Gasteiger partial charge in [-0.05, 0) is 25.8 Å². The summed E-state index contributed by atoms with van der Waals surface area (Å²) in [5.41, 5.74) is 0. The summed E-state index contributed by atoms with van der Waals surface area (Å²) < 4.78 is 0. The van der Waals surface area contributed by atoms with E-state index in [2.05, 4.69) is 19.2 Å². The summed E-state index contributed by atoms with van der Waals surface area (Å²) in [5, 5.41) is 3.14. The van der Waals surface area contributed by atoms with Crippen molar-refractivity contribution in [2.75, 3.05) is 26.7 Å². The third-order valence-corrected chi connectivity index (χ3v) is 2.07. The Labute approximate surface area is 81.5 Å². The number of amides is 1. The lowest BCUT2D eigenvalue weighted by Crippen LogP contribution is -2.35. The van der Waals surface area contributed by atoms with E-state index in [9.17, 15) is 4.79 Å². The summed E-state index contributed by atoms with van der Waals surface area (Å²) in [5.74, 6) is 0.873. The zero-order valence-corrected chi connectivity index (χ0v) is 9.26. The maximum absolute atomic E-state index is 11.3. The van der Waals surface area contributed by atoms with Crippen LogP contribution < -0.4 is 5.32 Å². The summed E-state index contributed by atoms with van der Waals surface area (Å²) in [4.78, 5) is 13.0. The molecule has 0 bridgehead atoms. The van der Waals surface area contributed by atoms with Gasteiger partial charge in [-0.25, -0.2) is 0 Å². The molecular formula is C10H22N2O. The predicted octanol–water partition coefficient (Wildman–Crippen LogP) is 1.10. The molecule has 0 aromatic rings. The molecule has 0 fully saturated rings. The smallest absolute Gasteiger partial charge is 0.236 e. The van der Waals surface area contributed by atoms with Crippen LogP contribution in [0.15, 0.2) is 0 Å². The molecule has 1 amide bonds. The van der Waals surface area contributed by atoms with E-state index in [4.69, 9.17) is 0 Å². The van der Waals surface area contributed by atoms with Crippen molar-refractivity contribution < 1.29 is 4.79 Å². The van der Waals surface area contributed by atoms with Gasteiger partial charge in [0, 0.05) is 13.6 Å². The average molecular weight is 186 g/mol. The first-order valence-corrected chi connectivity index (χ1v) is 5.02. The Morgan fingerprint density at radius 2 is 2.08 bits per heavy atom. The Morgan fingerprint density at radius 3 is 2.54 bits per heavy atom. The first kappa shape index (κ1) is 12.4. The number of carbonyl (C=O) groups excluding carboxylic acids is 1. The highest BCUT2D eigenvalue weighted by Crippen LogP contribution is 1.95. The maximum atomic E-state index is 11.3. The van der Waals surface area contributed by atoms with Crippen molar-refractivity contribution in [1.29, 1.82) is 0 Å². The largest absolute Gasteiger partial charge is 0.345 e. The number of likely N-dealkylation sites (N-methyl/N-ethyl adjacent to an activating group) is 1. The van der Waals surface area contributed by atoms with Crippen molar-refractivity contribution in [2.24, 2.45) is 5.92 Å². The molecule has 0 heterocycles. The summed E-state index contributed by atoms with van der Waals surface area (Å²) in [6.07, 6.45) is 1.13. The zero-order valence-electron chi connectivity index (χ0n) is 9.26. The molecule has 0 aliphatic carbocycles. The van der Waals surface area contributed by atoms with Crippen molar-refractivity contribution in [3.05, 3.63) is 0 Å². The van der Waals surface area contributed by atoms with E-state index in [0.29, 0.717) is 12.5 Å². The Morgan fingerprint density at radius 1 is 1.46 bits per heavy atom. The standard InChI is InChI=1S/C10H22N2O/c1-5-12(4)10(13)8-11-7-6-9(2)3/h9,11H,5-8H2,1-4H3. The molecule has 0 aliphatic rings. The van der Waals surface area contributed by atoms with E-state index in [1.807, 2.05) is 14.0 Å². The SMILES string of the molecule is CCN(C)C(=O)CNCCC(C)C. The van der Waals surface area contributed by atoms with Gasteiger partial charge in [0.05, 0.1) is 6.54 Å². The molecule has 0 aromatic heterocycles. The third-order valence-electron chi connectivity index (χ3n) is 2.07. The number of rotatable bonds is 6. The van der Waals surface area contributed by atoms with Gasteiger partial charge >= 0.3 is 0 Å². The van der Waals surface area contributed by atoms with E-state index in [1.54, 1.807) is 4.90 Å². The van der Waals surface area contributed by atoms with E-state index in [-0.39, 0.29) is 5.91 Å². The summed E-state index contributed by atoms with van der Waals surface area (Å²) in [6.45, 7) is 8.53. The van der Waals surface area contributed by atoms with Crippen LogP contribution in [0.5, 0.6) is 0 Å². The molecule has 0 atom stereocenters. The minimum Gasteiger partial charge on any atom is -0.345 e. The van der Waals surface area contributed by atoms with Gasteiger partial charge in [0.2, 0.25) is 5.91 Å². The molecule has 3 heteroatoms. The van der Waals surface area contributed by atoms with Crippen LogP contribution in [0, 0.1) is 5.92 Å². The molecule has 0 saturated heterocycles. The van der Waals surface area contributed by atoms with Crippen LogP contribution in [-0.2, 0) is 4.79 Å². The fraction of sp³-hybridized carbons (Fsp3) is 0.900. The number of nitrogens with zero attached hydrogens (tertiary/aromatic N) is 1. The summed E-state index contributed by atoms with van der Waals surface area (Å²) in [7, 11) is 1.83. The molecule has 0 aromatic carbocycles. The Balaban J connectivity index is 3.37. The van der Waals surface area contributed by atoms with Crippen molar-refractivity contribution in [3.63, 3.8) is 0 Å². The molecule has 0 rings (SSSR count). The number of hydrogen-bond donors (Lipinski definition) is 1. The van der Waals surface area contributed by atoms with Gasteiger partial charge in [-0.15, -0.1) is 0 Å². The van der Waals surface area contributed by atoms with Crippen LogP contribution in [0.1, 0.15) is 27.2 Å². The molecule has 0 saturated carbocycles. The molecule has 13 heavy (non-hydrogen) atoms. The molecule has 78 valence electrons. The summed E-state index contributed by atoms with van der Waals surface area (Å²) in [6, 6.07) is 0. The van der Waals surface area contributed by atoms with Crippen LogP contribution in [0.25, 0.3) is 0 Å². The fourth-order valence-corrected chi connectivity index (χ4v) is 0.897. The maximum Gasteiger partial charge on any atom is 0.236 e. The van der Waals surface area contributed by atoms with Crippen molar-refractivity contribution in [3.8, 4) is 0 Å². The lowest BCUT2D eigenvalue weighted by molar-refractivity contribution is -0.128. The van der Waals surface area contributed by atoms with E-state index in [1.165, 1.54) is 0 Å². The van der Waals surface area contributed by atoms with Crippen molar-refractivity contribution in [1.82, 2.24) is 10.2 Å². The van der Waals surface area contributed by atoms with E-state index in [0.717, 1.165) is 19.5 Å². The minimum absolute atomic E-state index is 0.172. The zero-order chi connectivity index (χ0) is 10.3. The van der Waals surface area contributed by atoms with E-state index < -0.39 is 0 Å². The predicted molar refractivity (Wildman–Crippen MR) is 55.6 cm³/mol. The lowest BCUT2D eigenvalue weighted by atomic mass is 10.1. The normalized spacial score (nSPS) is 10.5. The van der Waals surface area contributed by atoms with Gasteiger partial charge < -0.3 is 10.2 Å². The number of nitrogens with one attached hydrogen (secondary N) is 1. The van der Waals surface area contributed by atoms with Crippen LogP contribution in [0.3, 0.4) is 0 Å². The van der Waals surface area contributed by atoms with Gasteiger partial charge in [0.1, 0.15) is 0 Å².